The van der Waals surface area contributed by atoms with Gasteiger partial charge in [-0.25, -0.2) is 28.1 Å². The number of pyridine rings is 2. The van der Waals surface area contributed by atoms with Gasteiger partial charge in [0.05, 0.1) is 36.6 Å². The number of nitrogens with zero attached hydrogens (tertiary/aromatic N) is 5. The zero-order valence-electron chi connectivity index (χ0n) is 50.5. The van der Waals surface area contributed by atoms with Gasteiger partial charge in [0, 0.05) is 168 Å². The molecule has 2 saturated heterocycles. The van der Waals surface area contributed by atoms with Crippen LogP contribution < -0.4 is 54.1 Å². The fraction of sp³-hybridized carbons (Fsp3) is 0.391. The molecule has 4 N–H and O–H groups in total. The topological polar surface area (TPSA) is 231 Å². The van der Waals surface area contributed by atoms with Crippen molar-refractivity contribution in [1.82, 2.24) is 30.2 Å². The Hall–Kier alpha value is -7.63. The summed E-state index contributed by atoms with van der Waals surface area (Å²) < 4.78 is 41.2. The number of fused-ring (bicyclic) bond motifs is 4. The molecule has 455 valence electrons. The van der Waals surface area contributed by atoms with E-state index in [4.69, 9.17) is 19.4 Å². The van der Waals surface area contributed by atoms with Crippen LogP contribution in [0.3, 0.4) is 0 Å². The number of halogens is 2. The summed E-state index contributed by atoms with van der Waals surface area (Å²) in [5.41, 5.74) is 8.80. The number of carbonyl (C=O) groups excluding carboxylic acids is 4. The first kappa shape index (κ1) is 68.5. The molecule has 8 aromatic rings. The normalized spacial score (nSPS) is 16.7. The first-order chi connectivity index (χ1) is 41.4. The first-order valence-corrected chi connectivity index (χ1v) is 28.7. The van der Waals surface area contributed by atoms with E-state index in [1.807, 2.05) is 48.9 Å². The van der Waals surface area contributed by atoms with Crippen LogP contribution in [-0.2, 0) is 38.4 Å². The van der Waals surface area contributed by atoms with Crippen LogP contribution >= 0.6 is 0 Å². The van der Waals surface area contributed by atoms with E-state index in [0.717, 1.165) is 136 Å². The molecule has 4 aliphatic rings. The minimum absolute atomic E-state index is 0. The number of Topliss-reactive ketones (excluding diaryl/α,β-unsaturated/α-hetero) is 1. The third-order valence-electron chi connectivity index (χ3n) is 15.3. The van der Waals surface area contributed by atoms with Gasteiger partial charge >= 0.3 is 41.5 Å². The zero-order valence-corrected chi connectivity index (χ0v) is 52.5. The third-order valence-corrected chi connectivity index (χ3v) is 15.3. The molecule has 12 rings (SSSR count). The number of anilines is 2. The Labute approximate surface area is 528 Å². The maximum absolute atomic E-state index is 13.6. The van der Waals surface area contributed by atoms with Crippen molar-refractivity contribution >= 4 is 92.7 Å². The van der Waals surface area contributed by atoms with Gasteiger partial charge in [-0.15, -0.1) is 0 Å². The maximum Gasteiger partial charge on any atom is 1.00 e. The Morgan fingerprint density at radius 3 is 1.44 bits per heavy atom. The van der Waals surface area contributed by atoms with E-state index >= 15 is 0 Å². The fourth-order valence-corrected chi connectivity index (χ4v) is 11.3. The molecule has 23 heteroatoms. The van der Waals surface area contributed by atoms with Crippen molar-refractivity contribution < 1.29 is 91.3 Å². The number of carboxylic acid groups (broad SMARTS) is 1. The molecule has 2 aliphatic heterocycles. The molecule has 0 bridgehead atoms. The summed E-state index contributed by atoms with van der Waals surface area (Å²) in [6, 6.07) is 27.0. The molecule has 6 heterocycles. The molecule has 0 spiro atoms. The number of carbonyl (C=O) groups is 5. The number of piperazine rings is 2. The van der Waals surface area contributed by atoms with Gasteiger partial charge in [-0.2, -0.15) is 0 Å². The Morgan fingerprint density at radius 1 is 0.598 bits per heavy atom. The number of H-pyrrole nitrogens is 2. The van der Waals surface area contributed by atoms with E-state index in [-0.39, 0.29) is 41.2 Å². The number of hydrogen-bond donors (Lipinski definition) is 4. The second-order valence-electron chi connectivity index (χ2n) is 21.2. The summed E-state index contributed by atoms with van der Waals surface area (Å²) in [7, 11) is 7.76. The molecule has 2 saturated carbocycles. The van der Waals surface area contributed by atoms with E-state index in [1.54, 1.807) is 26.4 Å². The van der Waals surface area contributed by atoms with E-state index < -0.39 is 23.9 Å². The largest absolute Gasteiger partial charge is 1.00 e. The van der Waals surface area contributed by atoms with Crippen LogP contribution in [0.4, 0.5) is 20.2 Å². The number of hydrogen-bond acceptors (Lipinski definition) is 16. The van der Waals surface area contributed by atoms with Crippen LogP contribution in [-0.4, -0.2) is 140 Å². The summed E-state index contributed by atoms with van der Waals surface area (Å²) in [6.45, 7) is 12.8. The number of ketones is 1. The molecule has 4 fully saturated rings. The molecular weight excluding hydrogens is 1130 g/mol. The molecular formula is C64H75BF2N8NaO11. The Morgan fingerprint density at radius 2 is 1.02 bits per heavy atom. The monoisotopic (exact) mass is 1200 g/mol. The Bertz CT molecular complexity index is 3540. The van der Waals surface area contributed by atoms with Gasteiger partial charge in [-0.1, -0.05) is 12.1 Å². The first-order valence-electron chi connectivity index (χ1n) is 28.7. The number of aromatic nitrogens is 4. The average Bonchev–Trinajstić information content (AvgIpc) is 2.28. The van der Waals surface area contributed by atoms with Gasteiger partial charge in [0.25, 0.3) is 5.97 Å². The van der Waals surface area contributed by atoms with Crippen molar-refractivity contribution in [2.45, 2.75) is 96.9 Å². The maximum atomic E-state index is 13.6. The van der Waals surface area contributed by atoms with Gasteiger partial charge in [0.15, 0.2) is 0 Å². The van der Waals surface area contributed by atoms with Gasteiger partial charge in [-0.05, 0) is 122 Å². The molecule has 0 atom stereocenters. The number of ether oxygens (including phenoxy) is 2. The summed E-state index contributed by atoms with van der Waals surface area (Å²) >= 11 is 0. The molecule has 87 heavy (non-hydrogen) atoms. The molecule has 4 aromatic carbocycles. The molecule has 3 radical (unpaired) electrons. The van der Waals surface area contributed by atoms with Crippen molar-refractivity contribution in [1.29, 1.82) is 0 Å². The summed E-state index contributed by atoms with van der Waals surface area (Å²) in [5.74, 6) is 0.168. The van der Waals surface area contributed by atoms with E-state index in [0.29, 0.717) is 36.5 Å². The number of rotatable bonds is 7. The van der Waals surface area contributed by atoms with E-state index in [9.17, 15) is 28.0 Å². The van der Waals surface area contributed by atoms with Gasteiger partial charge < -0.3 is 52.4 Å². The van der Waals surface area contributed by atoms with Crippen molar-refractivity contribution in [3.8, 4) is 11.5 Å². The van der Waals surface area contributed by atoms with Crippen LogP contribution in [0.25, 0.3) is 43.6 Å². The number of nitrogens with one attached hydrogen (secondary N) is 3. The van der Waals surface area contributed by atoms with Crippen LogP contribution in [0.2, 0.25) is 0 Å². The van der Waals surface area contributed by atoms with Crippen LogP contribution in [0.15, 0.2) is 110 Å². The van der Waals surface area contributed by atoms with Crippen LogP contribution in [0.5, 0.6) is 11.5 Å². The number of aliphatic carboxylic acids is 1. The summed E-state index contributed by atoms with van der Waals surface area (Å²) in [6.07, 6.45) is 15.8. The molecule has 0 amide bonds. The predicted octanol–water partition coefficient (Wildman–Crippen LogP) is 7.65. The van der Waals surface area contributed by atoms with Crippen molar-refractivity contribution in [3.63, 3.8) is 0 Å². The summed E-state index contributed by atoms with van der Waals surface area (Å²) in [5, 5.41) is 15.3. The van der Waals surface area contributed by atoms with Gasteiger partial charge in [0.1, 0.15) is 28.9 Å². The molecule has 2 aliphatic carbocycles. The van der Waals surface area contributed by atoms with Crippen molar-refractivity contribution in [2.75, 3.05) is 76.4 Å². The van der Waals surface area contributed by atoms with Gasteiger partial charge in [0.2, 0.25) is 5.97 Å². The summed E-state index contributed by atoms with van der Waals surface area (Å²) in [4.78, 5) is 80.1. The fourth-order valence-electron chi connectivity index (χ4n) is 11.3. The van der Waals surface area contributed by atoms with Crippen LogP contribution in [0, 0.1) is 11.6 Å². The van der Waals surface area contributed by atoms with E-state index in [2.05, 4.69) is 99.0 Å². The smallest absolute Gasteiger partial charge is 0.793 e. The molecule has 4 aromatic heterocycles. The Balaban J connectivity index is 0.000000193. The minimum Gasteiger partial charge on any atom is -0.793 e. The predicted molar refractivity (Wildman–Crippen MR) is 328 cm³/mol. The third kappa shape index (κ3) is 20.0. The standard InChI is InChI=1S/C28H31FN4O.C14H14FNO.C14H17N3O.C4H6O4.C2H3BO2.C2H4O2.Na/c1-34-23-15-20-3-2-10-30-28(20)27(17-23)33-13-11-32(12-14-33)22-7-4-19(5-8-22)25-18-31-26-16-21(29)6-9-24(25)26;15-10-3-6-12-13(8-16-14(12)7-10)9-1-4-11(17)5-2-9;1-18-12-9-11-3-2-4-16-14(11)13(10-12)17-7-5-15-6-8-17;1-3(5)7-8-4(2)6;1-2(4)5-3;1-2(3)4;/h2-3,6,9-10,15-19,22,31H,4-5,7-8,11-14H2,1H3;3,6-9,16H,1-2,4-5H2;2-4,9-10,15H,5-8H2,1H3;1-2H3;1H3;1H3,(H,3,4);/q;;;;-1;;+1. The van der Waals surface area contributed by atoms with Crippen LogP contribution in [0.1, 0.15) is 102 Å². The van der Waals surface area contributed by atoms with Gasteiger partial charge in [-0.3, -0.25) is 29.3 Å². The number of carboxylic acids is 1. The van der Waals surface area contributed by atoms with Crippen molar-refractivity contribution in [2.24, 2.45) is 0 Å². The average molecular weight is 1200 g/mol. The SMILES string of the molecule is CC(=O)O.CC(=O)OOC(C)=O.COc1cc(N2CCN(C3CCC(c4c[nH]c5cc(F)ccc45)CC3)CC2)c2ncccc2c1.COc1cc(N2CCNCC2)c2ncccc2c1.O=C1CCC(c2c[nH]c3cc(F)ccc23)CC1.[B-]OC(C)=O.[Na+]. The molecule has 19 nitrogen and oxygen atoms in total. The van der Waals surface area contributed by atoms with E-state index in [1.165, 1.54) is 72.6 Å². The number of methoxy groups -OCH3 is 2. The second-order valence-corrected chi connectivity index (χ2v) is 21.2. The Kier molecular flexibility index (Phi) is 26.8. The zero-order chi connectivity index (χ0) is 61.7. The number of benzene rings is 4. The molecule has 0 unspecified atom stereocenters. The quantitative estimate of drug-likeness (QED) is 0.0682. The second kappa shape index (κ2) is 34.1. The number of aromatic amines is 2. The van der Waals surface area contributed by atoms with Crippen molar-refractivity contribution in [3.05, 3.63) is 132 Å². The minimum atomic E-state index is -0.833.